The maximum Gasteiger partial charge on any atom is 0.416 e. The third-order valence-corrected chi connectivity index (χ3v) is 6.40. The smallest absolute Gasteiger partial charge is 0.353 e. The maximum absolute atomic E-state index is 13.1. The van der Waals surface area contributed by atoms with Gasteiger partial charge in [-0.2, -0.15) is 13.2 Å². The predicted molar refractivity (Wildman–Crippen MR) is 125 cm³/mol. The lowest BCUT2D eigenvalue weighted by Crippen LogP contribution is -2.40. The molecule has 0 N–H and O–H groups in total. The molecule has 0 fully saturated rings. The van der Waals surface area contributed by atoms with E-state index in [9.17, 15) is 13.2 Å². The fraction of sp³-hybridized carbons (Fsp3) is 0.556. The van der Waals surface area contributed by atoms with Crippen LogP contribution in [0.4, 0.5) is 13.2 Å². The minimum Gasteiger partial charge on any atom is -0.353 e. The highest BCUT2D eigenvalue weighted by atomic mass is 19.4. The summed E-state index contributed by atoms with van der Waals surface area (Å²) in [5.74, 6) is -0.676. The number of methoxy groups -OCH3 is 2. The zero-order valence-electron chi connectivity index (χ0n) is 19.8. The molecular weight excluding hydrogens is 413 g/mol. The van der Waals surface area contributed by atoms with Crippen LogP contribution in [0.2, 0.25) is 0 Å². The summed E-state index contributed by atoms with van der Waals surface area (Å²) in [4.78, 5) is 0. The van der Waals surface area contributed by atoms with Gasteiger partial charge in [-0.3, -0.25) is 0 Å². The van der Waals surface area contributed by atoms with Crippen molar-refractivity contribution in [3.63, 3.8) is 0 Å². The van der Waals surface area contributed by atoms with Crippen molar-refractivity contribution in [1.29, 1.82) is 0 Å². The van der Waals surface area contributed by atoms with Crippen LogP contribution in [0.15, 0.2) is 48.5 Å². The molecule has 0 saturated heterocycles. The SMILES string of the molecule is CCCCCCCCC(c1ccc(-c2cccc(C(F)(F)F)c2)cc1)C(CC)(OC)OC. The summed E-state index contributed by atoms with van der Waals surface area (Å²) in [5, 5.41) is 0. The Morgan fingerprint density at radius 3 is 1.97 bits per heavy atom. The first kappa shape index (κ1) is 26.4. The van der Waals surface area contributed by atoms with Gasteiger partial charge in [0.15, 0.2) is 5.79 Å². The Bertz CT molecular complexity index is 787. The van der Waals surface area contributed by atoms with Crippen LogP contribution < -0.4 is 0 Å². The highest BCUT2D eigenvalue weighted by Gasteiger charge is 2.38. The fourth-order valence-corrected chi connectivity index (χ4v) is 4.46. The first-order valence-electron chi connectivity index (χ1n) is 11.7. The van der Waals surface area contributed by atoms with Gasteiger partial charge >= 0.3 is 6.18 Å². The monoisotopic (exact) mass is 450 g/mol. The summed E-state index contributed by atoms with van der Waals surface area (Å²) in [7, 11) is 3.36. The molecule has 2 aromatic rings. The van der Waals surface area contributed by atoms with Crippen molar-refractivity contribution in [2.75, 3.05) is 14.2 Å². The Kier molecular flexibility index (Phi) is 10.2. The molecule has 0 aliphatic carbocycles. The number of hydrogen-bond donors (Lipinski definition) is 0. The van der Waals surface area contributed by atoms with Crippen molar-refractivity contribution < 1.29 is 22.6 Å². The van der Waals surface area contributed by atoms with Gasteiger partial charge in [-0.05, 0) is 41.7 Å². The topological polar surface area (TPSA) is 18.5 Å². The molecule has 32 heavy (non-hydrogen) atoms. The van der Waals surface area contributed by atoms with Crippen molar-refractivity contribution in [2.45, 2.75) is 83.1 Å². The highest BCUT2D eigenvalue weighted by Crippen LogP contribution is 2.40. The van der Waals surface area contributed by atoms with Gasteiger partial charge in [0.2, 0.25) is 0 Å². The molecule has 2 nitrogen and oxygen atoms in total. The number of alkyl halides is 3. The molecule has 0 bridgehead atoms. The highest BCUT2D eigenvalue weighted by molar-refractivity contribution is 5.64. The van der Waals surface area contributed by atoms with Crippen LogP contribution in [0.1, 0.15) is 82.3 Å². The van der Waals surface area contributed by atoms with Gasteiger partial charge in [0.05, 0.1) is 5.56 Å². The number of benzene rings is 2. The second kappa shape index (κ2) is 12.4. The van der Waals surface area contributed by atoms with E-state index in [2.05, 4.69) is 13.8 Å². The van der Waals surface area contributed by atoms with E-state index in [-0.39, 0.29) is 5.92 Å². The Morgan fingerprint density at radius 1 is 0.781 bits per heavy atom. The second-order valence-electron chi connectivity index (χ2n) is 8.38. The quantitative estimate of drug-likeness (QED) is 0.225. The van der Waals surface area contributed by atoms with E-state index in [0.717, 1.165) is 30.0 Å². The lowest BCUT2D eigenvalue weighted by molar-refractivity contribution is -0.225. The van der Waals surface area contributed by atoms with Crippen LogP contribution >= 0.6 is 0 Å². The van der Waals surface area contributed by atoms with Crippen LogP contribution in [0, 0.1) is 0 Å². The Balaban J connectivity index is 2.24. The Labute approximate surface area is 191 Å². The molecule has 0 amide bonds. The molecule has 178 valence electrons. The van der Waals surface area contributed by atoms with Gasteiger partial charge in [0, 0.05) is 20.1 Å². The number of unbranched alkanes of at least 4 members (excludes halogenated alkanes) is 5. The van der Waals surface area contributed by atoms with E-state index in [1.807, 2.05) is 24.3 Å². The largest absolute Gasteiger partial charge is 0.416 e. The molecule has 0 radical (unpaired) electrons. The minimum absolute atomic E-state index is 0.0456. The molecule has 0 heterocycles. The summed E-state index contributed by atoms with van der Waals surface area (Å²) in [6.45, 7) is 4.27. The summed E-state index contributed by atoms with van der Waals surface area (Å²) in [6, 6.07) is 13.2. The average Bonchev–Trinajstić information content (AvgIpc) is 2.81. The maximum atomic E-state index is 13.1. The van der Waals surface area contributed by atoms with E-state index in [4.69, 9.17) is 9.47 Å². The van der Waals surface area contributed by atoms with Crippen molar-refractivity contribution in [3.05, 3.63) is 59.7 Å². The van der Waals surface area contributed by atoms with Crippen LogP contribution in [0.5, 0.6) is 0 Å². The van der Waals surface area contributed by atoms with E-state index >= 15 is 0 Å². The second-order valence-corrected chi connectivity index (χ2v) is 8.38. The molecule has 1 atom stereocenters. The Hall–Kier alpha value is -1.85. The summed E-state index contributed by atoms with van der Waals surface area (Å²) in [5.41, 5.74) is 1.76. The van der Waals surface area contributed by atoms with Crippen molar-refractivity contribution in [3.8, 4) is 11.1 Å². The van der Waals surface area contributed by atoms with Crippen molar-refractivity contribution in [2.24, 2.45) is 0 Å². The number of rotatable bonds is 13. The van der Waals surface area contributed by atoms with Gasteiger partial charge in [0.25, 0.3) is 0 Å². The zero-order valence-corrected chi connectivity index (χ0v) is 19.8. The van der Waals surface area contributed by atoms with Crippen LogP contribution in [0.25, 0.3) is 11.1 Å². The standard InChI is InChI=1S/C27H37F3O2/c1-5-7-8-9-10-11-15-25(26(6-2,31-3)32-4)22-18-16-21(17-19-22)23-13-12-14-24(20-23)27(28,29)30/h12-14,16-20,25H,5-11,15H2,1-4H3. The fourth-order valence-electron chi connectivity index (χ4n) is 4.46. The normalized spacial score (nSPS) is 13.3. The minimum atomic E-state index is -4.35. The van der Waals surface area contributed by atoms with E-state index < -0.39 is 17.5 Å². The molecule has 0 aromatic heterocycles. The van der Waals surface area contributed by atoms with Crippen LogP contribution in [0.3, 0.4) is 0 Å². The van der Waals surface area contributed by atoms with Gasteiger partial charge < -0.3 is 9.47 Å². The van der Waals surface area contributed by atoms with E-state index in [1.165, 1.54) is 44.2 Å². The van der Waals surface area contributed by atoms with Gasteiger partial charge in [-0.25, -0.2) is 0 Å². The summed E-state index contributed by atoms with van der Waals surface area (Å²) >= 11 is 0. The van der Waals surface area contributed by atoms with E-state index in [1.54, 1.807) is 20.3 Å². The molecule has 0 saturated carbocycles. The predicted octanol–water partition coefficient (Wildman–Crippen LogP) is 8.61. The van der Waals surface area contributed by atoms with Crippen LogP contribution in [-0.4, -0.2) is 20.0 Å². The Morgan fingerprint density at radius 2 is 1.41 bits per heavy atom. The zero-order chi connectivity index (χ0) is 23.6. The van der Waals surface area contributed by atoms with Crippen molar-refractivity contribution >= 4 is 0 Å². The number of hydrogen-bond acceptors (Lipinski definition) is 2. The van der Waals surface area contributed by atoms with Gasteiger partial charge in [-0.1, -0.05) is 88.8 Å². The molecule has 2 rings (SSSR count). The lowest BCUT2D eigenvalue weighted by Gasteiger charge is -2.38. The first-order valence-corrected chi connectivity index (χ1v) is 11.7. The summed E-state index contributed by atoms with van der Waals surface area (Å²) in [6.07, 6.45) is 4.54. The average molecular weight is 451 g/mol. The summed E-state index contributed by atoms with van der Waals surface area (Å²) < 4.78 is 51.0. The molecule has 1 unspecified atom stereocenters. The third-order valence-electron chi connectivity index (χ3n) is 6.40. The molecule has 5 heteroatoms. The number of ether oxygens (including phenoxy) is 2. The van der Waals surface area contributed by atoms with E-state index in [0.29, 0.717) is 12.0 Å². The molecule has 2 aromatic carbocycles. The lowest BCUT2D eigenvalue weighted by atomic mass is 9.83. The van der Waals surface area contributed by atoms with Gasteiger partial charge in [0.1, 0.15) is 0 Å². The van der Waals surface area contributed by atoms with Crippen molar-refractivity contribution in [1.82, 2.24) is 0 Å². The molecule has 0 aliphatic heterocycles. The third kappa shape index (κ3) is 6.82. The molecule has 0 spiro atoms. The van der Waals surface area contributed by atoms with Gasteiger partial charge in [-0.15, -0.1) is 0 Å². The number of halogens is 3. The molecule has 0 aliphatic rings. The van der Waals surface area contributed by atoms with Crippen LogP contribution in [-0.2, 0) is 15.7 Å². The first-order chi connectivity index (χ1) is 15.3. The molecular formula is C27H37F3O2.